The number of hydrogen-bond acceptors (Lipinski definition) is 5. The monoisotopic (exact) mass is 251 g/mol. The summed E-state index contributed by atoms with van der Waals surface area (Å²) in [6.07, 6.45) is 3.56. The molecule has 2 aromatic rings. The van der Waals surface area contributed by atoms with Crippen LogP contribution in [0.2, 0.25) is 5.02 Å². The molecule has 0 spiro atoms. The molecule has 0 amide bonds. The fourth-order valence-electron chi connectivity index (χ4n) is 1.05. The highest BCUT2D eigenvalue weighted by molar-refractivity contribution is 6.30. The third-order valence-corrected chi connectivity index (χ3v) is 1.98. The predicted octanol–water partition coefficient (Wildman–Crippen LogP) is 1.88. The van der Waals surface area contributed by atoms with E-state index >= 15 is 0 Å². The first-order chi connectivity index (χ1) is 8.15. The molecule has 0 radical (unpaired) electrons. The van der Waals surface area contributed by atoms with Gasteiger partial charge in [-0.25, -0.2) is 9.78 Å². The SMILES string of the molecule is O=C(O)/C=C/c1nnc(-c2ccc(Cl)cn2)o1. The smallest absolute Gasteiger partial charge is 0.328 e. The van der Waals surface area contributed by atoms with E-state index in [4.69, 9.17) is 21.1 Å². The van der Waals surface area contributed by atoms with Crippen LogP contribution < -0.4 is 0 Å². The topological polar surface area (TPSA) is 89.1 Å². The molecule has 0 bridgehead atoms. The van der Waals surface area contributed by atoms with Crippen molar-refractivity contribution in [1.29, 1.82) is 0 Å². The number of pyridine rings is 1. The van der Waals surface area contributed by atoms with Crippen LogP contribution in [0.1, 0.15) is 5.89 Å². The minimum atomic E-state index is -1.09. The van der Waals surface area contributed by atoms with Gasteiger partial charge < -0.3 is 9.52 Å². The van der Waals surface area contributed by atoms with Gasteiger partial charge in [0.25, 0.3) is 5.89 Å². The lowest BCUT2D eigenvalue weighted by Crippen LogP contribution is -1.85. The van der Waals surface area contributed by atoms with E-state index in [1.807, 2.05) is 0 Å². The van der Waals surface area contributed by atoms with Crippen molar-refractivity contribution < 1.29 is 14.3 Å². The van der Waals surface area contributed by atoms with E-state index in [1.54, 1.807) is 12.1 Å². The van der Waals surface area contributed by atoms with Gasteiger partial charge in [-0.1, -0.05) is 11.6 Å². The Balaban J connectivity index is 2.23. The number of aliphatic carboxylic acids is 1. The van der Waals surface area contributed by atoms with Crippen LogP contribution in [-0.2, 0) is 4.79 Å². The van der Waals surface area contributed by atoms with Crippen molar-refractivity contribution in [3.63, 3.8) is 0 Å². The molecule has 0 saturated carbocycles. The van der Waals surface area contributed by atoms with E-state index in [0.717, 1.165) is 6.08 Å². The van der Waals surface area contributed by atoms with Crippen molar-refractivity contribution >= 4 is 23.6 Å². The van der Waals surface area contributed by atoms with Gasteiger partial charge in [0.1, 0.15) is 5.69 Å². The lowest BCUT2D eigenvalue weighted by Gasteiger charge is -1.92. The van der Waals surface area contributed by atoms with Gasteiger partial charge in [0.2, 0.25) is 5.89 Å². The zero-order valence-electron chi connectivity index (χ0n) is 8.37. The van der Waals surface area contributed by atoms with Crippen molar-refractivity contribution in [2.24, 2.45) is 0 Å². The molecular formula is C10H6ClN3O3. The molecule has 0 aliphatic heterocycles. The van der Waals surface area contributed by atoms with Crippen LogP contribution in [0, 0.1) is 0 Å². The Morgan fingerprint density at radius 1 is 1.41 bits per heavy atom. The first-order valence-corrected chi connectivity index (χ1v) is 4.89. The molecule has 0 atom stereocenters. The standard InChI is InChI=1S/C10H6ClN3O3/c11-6-1-2-7(12-5-6)10-14-13-8(17-10)3-4-9(15)16/h1-5H,(H,15,16)/b4-3+. The number of hydrogen-bond donors (Lipinski definition) is 1. The maximum Gasteiger partial charge on any atom is 0.328 e. The largest absolute Gasteiger partial charge is 0.478 e. The predicted molar refractivity (Wildman–Crippen MR) is 59.2 cm³/mol. The molecule has 17 heavy (non-hydrogen) atoms. The molecule has 0 saturated heterocycles. The van der Waals surface area contributed by atoms with Crippen molar-refractivity contribution in [2.75, 3.05) is 0 Å². The van der Waals surface area contributed by atoms with Crippen LogP contribution in [0.3, 0.4) is 0 Å². The van der Waals surface area contributed by atoms with E-state index in [0.29, 0.717) is 10.7 Å². The number of carboxylic acid groups (broad SMARTS) is 1. The first-order valence-electron chi connectivity index (χ1n) is 4.51. The molecule has 0 aliphatic rings. The summed E-state index contributed by atoms with van der Waals surface area (Å²) in [7, 11) is 0. The average molecular weight is 252 g/mol. The second-order valence-corrected chi connectivity index (χ2v) is 3.42. The highest BCUT2D eigenvalue weighted by atomic mass is 35.5. The quantitative estimate of drug-likeness (QED) is 0.838. The number of rotatable bonds is 3. The summed E-state index contributed by atoms with van der Waals surface area (Å²) in [5.41, 5.74) is 0.469. The summed E-state index contributed by atoms with van der Waals surface area (Å²) in [5.74, 6) is -0.791. The van der Waals surface area contributed by atoms with Gasteiger partial charge in [-0.3, -0.25) is 0 Å². The lowest BCUT2D eigenvalue weighted by molar-refractivity contribution is -0.131. The van der Waals surface area contributed by atoms with Gasteiger partial charge in [0, 0.05) is 18.3 Å². The van der Waals surface area contributed by atoms with Crippen LogP contribution in [-0.4, -0.2) is 26.3 Å². The van der Waals surface area contributed by atoms with E-state index in [1.165, 1.54) is 12.3 Å². The number of carbonyl (C=O) groups is 1. The highest BCUT2D eigenvalue weighted by Crippen LogP contribution is 2.17. The molecule has 0 fully saturated rings. The van der Waals surface area contributed by atoms with Gasteiger partial charge in [0.15, 0.2) is 0 Å². The fourth-order valence-corrected chi connectivity index (χ4v) is 1.16. The van der Waals surface area contributed by atoms with Crippen LogP contribution in [0.15, 0.2) is 28.8 Å². The maximum absolute atomic E-state index is 10.3. The third kappa shape index (κ3) is 2.88. The summed E-state index contributed by atoms with van der Waals surface area (Å²) in [6.45, 7) is 0. The molecule has 0 unspecified atom stereocenters. The van der Waals surface area contributed by atoms with Crippen LogP contribution >= 0.6 is 11.6 Å². The van der Waals surface area contributed by atoms with Gasteiger partial charge in [-0.2, -0.15) is 0 Å². The molecule has 7 heteroatoms. The zero-order valence-corrected chi connectivity index (χ0v) is 9.13. The van der Waals surface area contributed by atoms with Gasteiger partial charge in [-0.05, 0) is 12.1 Å². The Morgan fingerprint density at radius 2 is 2.24 bits per heavy atom. The zero-order chi connectivity index (χ0) is 12.3. The molecule has 0 aromatic carbocycles. The molecule has 0 aliphatic carbocycles. The summed E-state index contributed by atoms with van der Waals surface area (Å²) in [4.78, 5) is 14.3. The van der Waals surface area contributed by atoms with Crippen LogP contribution in [0.4, 0.5) is 0 Å². The van der Waals surface area contributed by atoms with E-state index in [-0.39, 0.29) is 11.8 Å². The minimum absolute atomic E-state index is 0.0964. The lowest BCUT2D eigenvalue weighted by atomic mass is 10.3. The number of nitrogens with zero attached hydrogens (tertiary/aromatic N) is 3. The molecule has 1 N–H and O–H groups in total. The average Bonchev–Trinajstić information content (AvgIpc) is 2.76. The summed E-state index contributed by atoms with van der Waals surface area (Å²) >= 11 is 5.68. The Bertz CT molecular complexity index is 562. The Labute approximate surface area is 101 Å². The summed E-state index contributed by atoms with van der Waals surface area (Å²) in [5, 5.41) is 16.3. The molecule has 2 aromatic heterocycles. The maximum atomic E-state index is 10.3. The van der Waals surface area contributed by atoms with Crippen molar-refractivity contribution in [3.05, 3.63) is 35.3 Å². The molecule has 6 nitrogen and oxygen atoms in total. The van der Waals surface area contributed by atoms with Crippen molar-refractivity contribution in [3.8, 4) is 11.6 Å². The van der Waals surface area contributed by atoms with Gasteiger partial charge in [-0.15, -0.1) is 10.2 Å². The van der Waals surface area contributed by atoms with E-state index < -0.39 is 5.97 Å². The Hall–Kier alpha value is -2.21. The number of halogens is 1. The second kappa shape index (κ2) is 4.75. The number of aromatic nitrogens is 3. The van der Waals surface area contributed by atoms with E-state index in [9.17, 15) is 4.79 Å². The summed E-state index contributed by atoms with van der Waals surface area (Å²) < 4.78 is 5.18. The fraction of sp³-hybridized carbons (Fsp3) is 0. The van der Waals surface area contributed by atoms with Gasteiger partial charge >= 0.3 is 5.97 Å². The van der Waals surface area contributed by atoms with E-state index in [2.05, 4.69) is 15.2 Å². The summed E-state index contributed by atoms with van der Waals surface area (Å²) in [6, 6.07) is 3.27. The number of carboxylic acids is 1. The second-order valence-electron chi connectivity index (χ2n) is 2.98. The van der Waals surface area contributed by atoms with Crippen molar-refractivity contribution in [2.45, 2.75) is 0 Å². The molecule has 2 rings (SSSR count). The normalized spacial score (nSPS) is 10.9. The Morgan fingerprint density at radius 3 is 2.88 bits per heavy atom. The van der Waals surface area contributed by atoms with Gasteiger partial charge in [0.05, 0.1) is 5.02 Å². The minimum Gasteiger partial charge on any atom is -0.478 e. The molecule has 86 valence electrons. The third-order valence-electron chi connectivity index (χ3n) is 1.76. The Kier molecular flexibility index (Phi) is 3.15. The molecule has 2 heterocycles. The van der Waals surface area contributed by atoms with Crippen LogP contribution in [0.25, 0.3) is 17.7 Å². The van der Waals surface area contributed by atoms with Crippen molar-refractivity contribution in [1.82, 2.24) is 15.2 Å². The molecular weight excluding hydrogens is 246 g/mol. The first kappa shape index (κ1) is 11.3. The highest BCUT2D eigenvalue weighted by Gasteiger charge is 2.07. The van der Waals surface area contributed by atoms with Crippen LogP contribution in [0.5, 0.6) is 0 Å².